The largest absolute Gasteiger partial charge is 0.481 e. The summed E-state index contributed by atoms with van der Waals surface area (Å²) in [6, 6.07) is 3.27. The Morgan fingerprint density at radius 3 is 2.83 bits per heavy atom. The second-order valence-corrected chi connectivity index (χ2v) is 2.84. The molecule has 0 amide bonds. The van der Waals surface area contributed by atoms with Crippen LogP contribution in [0.15, 0.2) is 12.1 Å². The summed E-state index contributed by atoms with van der Waals surface area (Å²) >= 11 is 5.59. The van der Waals surface area contributed by atoms with Crippen LogP contribution in [0.25, 0.3) is 0 Å². The molecule has 1 heterocycles. The Hall–Kier alpha value is -1.09. The topological polar surface area (TPSA) is 50.2 Å². The number of rotatable bonds is 2. The van der Waals surface area contributed by atoms with Crippen molar-refractivity contribution in [1.82, 2.24) is 4.98 Å². The Morgan fingerprint density at radius 1 is 1.67 bits per heavy atom. The summed E-state index contributed by atoms with van der Waals surface area (Å²) in [5, 5.41) is 8.89. The van der Waals surface area contributed by atoms with E-state index < -0.39 is 5.97 Å². The molecule has 1 N–H and O–H groups in total. The lowest BCUT2D eigenvalue weighted by molar-refractivity contribution is -0.136. The highest BCUT2D eigenvalue weighted by Gasteiger charge is 2.04. The van der Waals surface area contributed by atoms with Gasteiger partial charge in [-0.1, -0.05) is 17.7 Å². The maximum absolute atomic E-state index is 10.3. The predicted octanol–water partition coefficient (Wildman–Crippen LogP) is 1.67. The minimum absolute atomic E-state index is 0.00397. The van der Waals surface area contributed by atoms with E-state index in [2.05, 4.69) is 4.98 Å². The van der Waals surface area contributed by atoms with Crippen LogP contribution in [0.5, 0.6) is 0 Å². The smallest absolute Gasteiger partial charge is 0.307 e. The van der Waals surface area contributed by atoms with Crippen LogP contribution in [0.4, 0.5) is 0 Å². The third-order valence-corrected chi connectivity index (χ3v) is 1.71. The summed E-state index contributed by atoms with van der Waals surface area (Å²) < 4.78 is 0. The molecule has 0 atom stereocenters. The lowest BCUT2D eigenvalue weighted by Gasteiger charge is -2.00. The number of hydrogen-bond donors (Lipinski definition) is 1. The predicted molar refractivity (Wildman–Crippen MR) is 45.3 cm³/mol. The van der Waals surface area contributed by atoms with Gasteiger partial charge in [0.05, 0.1) is 6.42 Å². The van der Waals surface area contributed by atoms with E-state index in [9.17, 15) is 4.79 Å². The molecule has 1 rings (SSSR count). The fourth-order valence-electron chi connectivity index (χ4n) is 0.909. The molecule has 0 saturated heterocycles. The van der Waals surface area contributed by atoms with Crippen molar-refractivity contribution < 1.29 is 9.90 Å². The standard InChI is InChI=1S/C8H8ClNO2/c1-5-6(4-8(11)12)2-3-7(9)10-5/h2-3H,4H2,1H3,(H,11,12). The molecule has 1 aromatic heterocycles. The summed E-state index contributed by atoms with van der Waals surface area (Å²) in [6.45, 7) is 1.74. The maximum atomic E-state index is 10.3. The molecule has 3 nitrogen and oxygen atoms in total. The van der Waals surface area contributed by atoms with Gasteiger partial charge in [-0.05, 0) is 18.6 Å². The van der Waals surface area contributed by atoms with Gasteiger partial charge in [0, 0.05) is 5.69 Å². The first-order chi connectivity index (χ1) is 5.59. The molecular weight excluding hydrogens is 178 g/mol. The Balaban J connectivity index is 2.93. The van der Waals surface area contributed by atoms with Gasteiger partial charge in [-0.3, -0.25) is 4.79 Å². The van der Waals surface area contributed by atoms with Gasteiger partial charge < -0.3 is 5.11 Å². The van der Waals surface area contributed by atoms with Gasteiger partial charge >= 0.3 is 5.97 Å². The Morgan fingerprint density at radius 2 is 2.33 bits per heavy atom. The number of carboxylic acid groups (broad SMARTS) is 1. The molecule has 0 unspecified atom stereocenters. The van der Waals surface area contributed by atoms with Crippen LogP contribution < -0.4 is 0 Å². The summed E-state index contributed by atoms with van der Waals surface area (Å²) in [6.07, 6.45) is -0.00397. The van der Waals surface area contributed by atoms with Crippen molar-refractivity contribution in [3.63, 3.8) is 0 Å². The van der Waals surface area contributed by atoms with Crippen molar-refractivity contribution in [3.8, 4) is 0 Å². The van der Waals surface area contributed by atoms with E-state index in [1.54, 1.807) is 19.1 Å². The average Bonchev–Trinajstić information content (AvgIpc) is 1.94. The molecule has 0 radical (unpaired) electrons. The van der Waals surface area contributed by atoms with Gasteiger partial charge in [0.2, 0.25) is 0 Å². The molecule has 0 aliphatic heterocycles. The third-order valence-electron chi connectivity index (χ3n) is 1.50. The quantitative estimate of drug-likeness (QED) is 0.714. The molecule has 0 fully saturated rings. The highest BCUT2D eigenvalue weighted by atomic mass is 35.5. The summed E-state index contributed by atoms with van der Waals surface area (Å²) in [5.74, 6) is -0.859. The Kier molecular flexibility index (Phi) is 2.65. The van der Waals surface area contributed by atoms with Crippen LogP contribution in [-0.4, -0.2) is 16.1 Å². The van der Waals surface area contributed by atoms with Crippen LogP contribution in [-0.2, 0) is 11.2 Å². The van der Waals surface area contributed by atoms with Crippen LogP contribution in [0, 0.1) is 6.92 Å². The van der Waals surface area contributed by atoms with Crippen LogP contribution >= 0.6 is 11.6 Å². The number of carbonyl (C=O) groups is 1. The monoisotopic (exact) mass is 185 g/mol. The first-order valence-electron chi connectivity index (χ1n) is 3.43. The summed E-state index contributed by atoms with van der Waals surface area (Å²) in [4.78, 5) is 14.3. The summed E-state index contributed by atoms with van der Waals surface area (Å²) in [7, 11) is 0. The van der Waals surface area contributed by atoms with E-state index >= 15 is 0 Å². The molecule has 4 heteroatoms. The van der Waals surface area contributed by atoms with Crippen molar-refractivity contribution in [1.29, 1.82) is 0 Å². The highest BCUT2D eigenvalue weighted by Crippen LogP contribution is 2.10. The number of pyridine rings is 1. The maximum Gasteiger partial charge on any atom is 0.307 e. The van der Waals surface area contributed by atoms with Gasteiger partial charge in [0.25, 0.3) is 0 Å². The lowest BCUT2D eigenvalue weighted by Crippen LogP contribution is -2.02. The number of halogens is 1. The number of aromatic nitrogens is 1. The van der Waals surface area contributed by atoms with Crippen molar-refractivity contribution >= 4 is 17.6 Å². The second-order valence-electron chi connectivity index (χ2n) is 2.45. The average molecular weight is 186 g/mol. The zero-order valence-corrected chi connectivity index (χ0v) is 7.30. The molecule has 1 aromatic rings. The number of aliphatic carboxylic acids is 1. The first-order valence-corrected chi connectivity index (χ1v) is 3.81. The zero-order valence-electron chi connectivity index (χ0n) is 6.54. The number of carboxylic acids is 1. The summed E-state index contributed by atoms with van der Waals surface area (Å²) in [5.41, 5.74) is 1.37. The van der Waals surface area contributed by atoms with Crippen molar-refractivity contribution in [2.75, 3.05) is 0 Å². The first kappa shape index (κ1) is 9.00. The van der Waals surface area contributed by atoms with E-state index in [1.165, 1.54) is 0 Å². The molecule has 12 heavy (non-hydrogen) atoms. The normalized spacial score (nSPS) is 9.83. The van der Waals surface area contributed by atoms with Gasteiger partial charge in [-0.25, -0.2) is 4.98 Å². The SMILES string of the molecule is Cc1nc(Cl)ccc1CC(=O)O. The van der Waals surface area contributed by atoms with E-state index in [1.807, 2.05) is 0 Å². The highest BCUT2D eigenvalue weighted by molar-refractivity contribution is 6.29. The van der Waals surface area contributed by atoms with E-state index in [0.29, 0.717) is 16.4 Å². The van der Waals surface area contributed by atoms with Gasteiger partial charge in [-0.15, -0.1) is 0 Å². The molecule has 0 spiro atoms. The van der Waals surface area contributed by atoms with Crippen LogP contribution in [0.1, 0.15) is 11.3 Å². The Labute approximate surface area is 75.0 Å². The van der Waals surface area contributed by atoms with E-state index in [4.69, 9.17) is 16.7 Å². The van der Waals surface area contributed by atoms with Gasteiger partial charge in [0.1, 0.15) is 5.15 Å². The van der Waals surface area contributed by atoms with Gasteiger partial charge in [0.15, 0.2) is 0 Å². The molecule has 0 aliphatic carbocycles. The van der Waals surface area contributed by atoms with Crippen molar-refractivity contribution in [2.24, 2.45) is 0 Å². The second kappa shape index (κ2) is 3.54. The number of aryl methyl sites for hydroxylation is 1. The third kappa shape index (κ3) is 2.20. The van der Waals surface area contributed by atoms with Gasteiger partial charge in [-0.2, -0.15) is 0 Å². The number of nitrogens with zero attached hydrogens (tertiary/aromatic N) is 1. The van der Waals surface area contributed by atoms with E-state index in [-0.39, 0.29) is 6.42 Å². The van der Waals surface area contributed by atoms with Crippen molar-refractivity contribution in [2.45, 2.75) is 13.3 Å². The zero-order chi connectivity index (χ0) is 9.14. The van der Waals surface area contributed by atoms with Crippen LogP contribution in [0.3, 0.4) is 0 Å². The molecule has 0 aromatic carbocycles. The lowest BCUT2D eigenvalue weighted by atomic mass is 10.1. The fraction of sp³-hybridized carbons (Fsp3) is 0.250. The van der Waals surface area contributed by atoms with Crippen molar-refractivity contribution in [3.05, 3.63) is 28.5 Å². The van der Waals surface area contributed by atoms with E-state index in [0.717, 1.165) is 0 Å². The molecule has 0 aliphatic rings. The minimum Gasteiger partial charge on any atom is -0.481 e. The molecule has 0 bridgehead atoms. The number of hydrogen-bond acceptors (Lipinski definition) is 2. The Bertz CT molecular complexity index is 312. The fourth-order valence-corrected chi connectivity index (χ4v) is 1.10. The molecular formula is C8H8ClNO2. The van der Waals surface area contributed by atoms with Crippen LogP contribution in [0.2, 0.25) is 5.15 Å². The molecule has 0 saturated carbocycles. The minimum atomic E-state index is -0.859. The molecule has 64 valence electrons.